The minimum atomic E-state index is -0.255. The number of halogens is 1. The van der Waals surface area contributed by atoms with Gasteiger partial charge in [-0.1, -0.05) is 17.7 Å². The first-order valence-electron chi connectivity index (χ1n) is 6.48. The third kappa shape index (κ3) is 3.62. The van der Waals surface area contributed by atoms with Gasteiger partial charge in [-0.3, -0.25) is 4.79 Å². The van der Waals surface area contributed by atoms with Gasteiger partial charge in [0, 0.05) is 17.8 Å². The maximum atomic E-state index is 12.3. The van der Waals surface area contributed by atoms with Crippen LogP contribution in [0.5, 0.6) is 17.2 Å². The average Bonchev–Trinajstić information content (AvgIpc) is 2.52. The van der Waals surface area contributed by atoms with E-state index in [4.69, 9.17) is 31.5 Å². The van der Waals surface area contributed by atoms with Crippen LogP contribution in [0.3, 0.4) is 0 Å². The molecule has 0 aliphatic heterocycles. The fourth-order valence-corrected chi connectivity index (χ4v) is 2.14. The first kappa shape index (κ1) is 16.0. The lowest BCUT2D eigenvalue weighted by Crippen LogP contribution is -2.13. The van der Waals surface area contributed by atoms with Crippen molar-refractivity contribution in [2.75, 3.05) is 26.6 Å². The van der Waals surface area contributed by atoms with Crippen molar-refractivity contribution in [3.05, 3.63) is 47.0 Å². The van der Waals surface area contributed by atoms with Crippen molar-refractivity contribution >= 4 is 23.1 Å². The van der Waals surface area contributed by atoms with E-state index in [9.17, 15) is 4.79 Å². The number of hydrogen-bond donors (Lipinski definition) is 1. The Morgan fingerprint density at radius 1 is 1.14 bits per heavy atom. The standard InChI is InChI=1S/C16H16ClNO4/c1-20-15-8-13(17)16(21-2)7-12(15)14(19)9-22-11-5-3-4-10(18)6-11/h3-8H,9,18H2,1-2H3. The fourth-order valence-electron chi connectivity index (χ4n) is 1.91. The third-order valence-electron chi connectivity index (χ3n) is 3.00. The number of benzene rings is 2. The van der Waals surface area contributed by atoms with Crippen molar-refractivity contribution < 1.29 is 19.0 Å². The number of nitrogen functional groups attached to an aromatic ring is 1. The molecule has 2 N–H and O–H groups in total. The van der Waals surface area contributed by atoms with Crippen LogP contribution in [0.4, 0.5) is 5.69 Å². The molecular weight excluding hydrogens is 306 g/mol. The molecule has 0 unspecified atom stereocenters. The Morgan fingerprint density at radius 3 is 2.50 bits per heavy atom. The van der Waals surface area contributed by atoms with E-state index < -0.39 is 0 Å². The molecule has 116 valence electrons. The lowest BCUT2D eigenvalue weighted by molar-refractivity contribution is 0.0918. The minimum Gasteiger partial charge on any atom is -0.496 e. The van der Waals surface area contributed by atoms with Gasteiger partial charge in [-0.2, -0.15) is 0 Å². The van der Waals surface area contributed by atoms with Crippen molar-refractivity contribution in [1.82, 2.24) is 0 Å². The van der Waals surface area contributed by atoms with E-state index in [0.29, 0.717) is 33.5 Å². The van der Waals surface area contributed by atoms with Crippen molar-refractivity contribution in [3.8, 4) is 17.2 Å². The SMILES string of the molecule is COc1cc(C(=O)COc2cccc(N)c2)c(OC)cc1Cl. The van der Waals surface area contributed by atoms with E-state index in [1.165, 1.54) is 26.4 Å². The average molecular weight is 322 g/mol. The summed E-state index contributed by atoms with van der Waals surface area (Å²) in [7, 11) is 2.94. The number of anilines is 1. The number of Topliss-reactive ketones (excluding diaryl/α,β-unsaturated/α-hetero) is 1. The van der Waals surface area contributed by atoms with Crippen molar-refractivity contribution in [2.24, 2.45) is 0 Å². The van der Waals surface area contributed by atoms with Crippen LogP contribution in [0.15, 0.2) is 36.4 Å². The zero-order valence-electron chi connectivity index (χ0n) is 12.3. The van der Waals surface area contributed by atoms with Crippen molar-refractivity contribution in [3.63, 3.8) is 0 Å². The molecule has 0 aliphatic carbocycles. The second kappa shape index (κ2) is 7.04. The van der Waals surface area contributed by atoms with Gasteiger partial charge in [0.1, 0.15) is 17.2 Å². The lowest BCUT2D eigenvalue weighted by atomic mass is 10.1. The van der Waals surface area contributed by atoms with Crippen LogP contribution in [-0.4, -0.2) is 26.6 Å². The number of carbonyl (C=O) groups excluding carboxylic acids is 1. The minimum absolute atomic E-state index is 0.148. The molecule has 6 heteroatoms. The molecule has 2 aromatic carbocycles. The zero-order valence-corrected chi connectivity index (χ0v) is 13.0. The molecule has 5 nitrogen and oxygen atoms in total. The highest BCUT2D eigenvalue weighted by Crippen LogP contribution is 2.32. The van der Waals surface area contributed by atoms with Crippen LogP contribution >= 0.6 is 11.6 Å². The predicted molar refractivity (Wildman–Crippen MR) is 85.2 cm³/mol. The second-order valence-corrected chi connectivity index (χ2v) is 4.88. The molecule has 2 aromatic rings. The van der Waals surface area contributed by atoms with E-state index in [-0.39, 0.29) is 12.4 Å². The van der Waals surface area contributed by atoms with Gasteiger partial charge in [-0.25, -0.2) is 0 Å². The third-order valence-corrected chi connectivity index (χ3v) is 3.30. The summed E-state index contributed by atoms with van der Waals surface area (Å²) in [6.45, 7) is -0.148. The number of methoxy groups -OCH3 is 2. The first-order chi connectivity index (χ1) is 10.5. The Balaban J connectivity index is 2.18. The summed E-state index contributed by atoms with van der Waals surface area (Å²) in [5, 5.41) is 0.368. The largest absolute Gasteiger partial charge is 0.496 e. The summed E-state index contributed by atoms with van der Waals surface area (Å²) in [5.74, 6) is 1.03. The van der Waals surface area contributed by atoms with Crippen LogP contribution < -0.4 is 19.9 Å². The van der Waals surface area contributed by atoms with Crippen LogP contribution in [0, 0.1) is 0 Å². The first-order valence-corrected chi connectivity index (χ1v) is 6.86. The smallest absolute Gasteiger partial charge is 0.204 e. The Labute approximate surface area is 133 Å². The highest BCUT2D eigenvalue weighted by molar-refractivity contribution is 6.32. The van der Waals surface area contributed by atoms with E-state index in [0.717, 1.165) is 0 Å². The quantitative estimate of drug-likeness (QED) is 0.653. The number of rotatable bonds is 6. The summed E-state index contributed by atoms with van der Waals surface area (Å²) >= 11 is 6.01. The summed E-state index contributed by atoms with van der Waals surface area (Å²) in [6, 6.07) is 9.93. The molecule has 0 aliphatic rings. The molecule has 22 heavy (non-hydrogen) atoms. The fraction of sp³-hybridized carbons (Fsp3) is 0.188. The molecule has 0 aromatic heterocycles. The summed E-state index contributed by atoms with van der Waals surface area (Å²) in [6.07, 6.45) is 0. The molecular formula is C16H16ClNO4. The van der Waals surface area contributed by atoms with E-state index in [2.05, 4.69) is 0 Å². The topological polar surface area (TPSA) is 70.8 Å². The molecule has 0 fully saturated rings. The van der Waals surface area contributed by atoms with Crippen LogP contribution in [0.25, 0.3) is 0 Å². The van der Waals surface area contributed by atoms with Crippen molar-refractivity contribution in [1.29, 1.82) is 0 Å². The Bertz CT molecular complexity index is 688. The van der Waals surface area contributed by atoms with Gasteiger partial charge >= 0.3 is 0 Å². The molecule has 0 amide bonds. The monoisotopic (exact) mass is 321 g/mol. The Hall–Kier alpha value is -2.40. The van der Waals surface area contributed by atoms with E-state index in [1.54, 1.807) is 24.3 Å². The Kier molecular flexibility index (Phi) is 5.12. The van der Waals surface area contributed by atoms with E-state index >= 15 is 0 Å². The maximum absolute atomic E-state index is 12.3. The number of ether oxygens (including phenoxy) is 3. The van der Waals surface area contributed by atoms with Crippen molar-refractivity contribution in [2.45, 2.75) is 0 Å². The van der Waals surface area contributed by atoms with Gasteiger partial charge in [0.05, 0.1) is 24.8 Å². The Morgan fingerprint density at radius 2 is 1.86 bits per heavy atom. The van der Waals surface area contributed by atoms with E-state index in [1.807, 2.05) is 0 Å². The summed E-state index contributed by atoms with van der Waals surface area (Å²) < 4.78 is 15.7. The van der Waals surface area contributed by atoms with Gasteiger partial charge in [0.25, 0.3) is 0 Å². The molecule has 0 atom stereocenters. The molecule has 0 spiro atoms. The van der Waals surface area contributed by atoms with Gasteiger partial charge < -0.3 is 19.9 Å². The van der Waals surface area contributed by atoms with Gasteiger partial charge in [0.15, 0.2) is 6.61 Å². The summed E-state index contributed by atoms with van der Waals surface area (Å²) in [4.78, 5) is 12.3. The van der Waals surface area contributed by atoms with Gasteiger partial charge in [-0.05, 0) is 18.2 Å². The number of hydrogen-bond acceptors (Lipinski definition) is 5. The van der Waals surface area contributed by atoms with Crippen LogP contribution in [0.1, 0.15) is 10.4 Å². The number of nitrogens with two attached hydrogens (primary N) is 1. The molecule has 0 bridgehead atoms. The molecule has 0 saturated heterocycles. The van der Waals surface area contributed by atoms with Gasteiger partial charge in [0.2, 0.25) is 5.78 Å². The molecule has 2 rings (SSSR count). The molecule has 0 heterocycles. The van der Waals surface area contributed by atoms with Crippen LogP contribution in [-0.2, 0) is 0 Å². The lowest BCUT2D eigenvalue weighted by Gasteiger charge is -2.12. The number of ketones is 1. The van der Waals surface area contributed by atoms with Gasteiger partial charge in [-0.15, -0.1) is 0 Å². The predicted octanol–water partition coefficient (Wildman–Crippen LogP) is 3.20. The normalized spacial score (nSPS) is 10.1. The summed E-state index contributed by atoms with van der Waals surface area (Å²) in [5.41, 5.74) is 6.57. The van der Waals surface area contributed by atoms with Crippen LogP contribution in [0.2, 0.25) is 5.02 Å². The zero-order chi connectivity index (χ0) is 16.1. The second-order valence-electron chi connectivity index (χ2n) is 4.47. The maximum Gasteiger partial charge on any atom is 0.204 e. The number of carbonyl (C=O) groups is 1. The highest BCUT2D eigenvalue weighted by atomic mass is 35.5. The molecule has 0 radical (unpaired) electrons. The highest BCUT2D eigenvalue weighted by Gasteiger charge is 2.17. The molecule has 0 saturated carbocycles.